The molecule has 3 nitrogen and oxygen atoms in total. The molecule has 0 amide bonds. The van der Waals surface area contributed by atoms with Crippen LogP contribution in [0.3, 0.4) is 0 Å². The minimum absolute atomic E-state index is 0.353. The van der Waals surface area contributed by atoms with Gasteiger partial charge in [-0.3, -0.25) is 0 Å². The van der Waals surface area contributed by atoms with Crippen LogP contribution in [0.25, 0.3) is 0 Å². The third-order valence-corrected chi connectivity index (χ3v) is 1.79. The molecule has 0 aliphatic rings. The molecule has 0 spiro atoms. The van der Waals surface area contributed by atoms with Crippen LogP contribution >= 0.6 is 0 Å². The van der Waals surface area contributed by atoms with Crippen LogP contribution in [0.5, 0.6) is 0 Å². The fourth-order valence-corrected chi connectivity index (χ4v) is 0.781. The second-order valence-corrected chi connectivity index (χ2v) is 3.17. The van der Waals surface area contributed by atoms with E-state index < -0.39 is 37.0 Å². The fourth-order valence-electron chi connectivity index (χ4n) is 0.781. The quantitative estimate of drug-likeness (QED) is 0.558. The van der Waals surface area contributed by atoms with E-state index >= 15 is 0 Å². The largest absolute Gasteiger partial charge is 0.508 e. The normalized spacial score (nSPS) is 13.6. The van der Waals surface area contributed by atoms with Gasteiger partial charge in [-0.1, -0.05) is 0 Å². The lowest BCUT2D eigenvalue weighted by Crippen LogP contribution is -2.59. The molecule has 0 aromatic heterocycles. The molecule has 11 heteroatoms. The van der Waals surface area contributed by atoms with Crippen LogP contribution in [0, 0.1) is 0 Å². The zero-order chi connectivity index (χ0) is 15.5. The Kier molecular flexibility index (Phi) is 5.39. The number of alkyl halides is 8. The number of carbonyl (C=O) groups is 1. The van der Waals surface area contributed by atoms with E-state index in [0.29, 0.717) is 0 Å². The van der Waals surface area contributed by atoms with Crippen molar-refractivity contribution in [2.24, 2.45) is 0 Å². The van der Waals surface area contributed by atoms with Crippen LogP contribution in [0.1, 0.15) is 6.92 Å². The maximum atomic E-state index is 12.8. The smallest absolute Gasteiger partial charge is 0.435 e. The molecule has 0 saturated carbocycles. The average Bonchev–Trinajstić information content (AvgIpc) is 2.26. The van der Waals surface area contributed by atoms with E-state index in [4.69, 9.17) is 0 Å². The predicted octanol–water partition coefficient (Wildman–Crippen LogP) is 3.33. The first-order chi connectivity index (χ1) is 8.40. The zero-order valence-corrected chi connectivity index (χ0v) is 9.24. The first kappa shape index (κ1) is 17.7. The third-order valence-electron chi connectivity index (χ3n) is 1.79. The second kappa shape index (κ2) is 5.78. The SMILES string of the molecule is CCOC(=O)OCC(F)(F)C(F)(F)C(F)(F)C(F)F. The zero-order valence-electron chi connectivity index (χ0n) is 9.24. The lowest BCUT2D eigenvalue weighted by Gasteiger charge is -2.31. The molecule has 0 aromatic carbocycles. The molecule has 0 aromatic rings. The highest BCUT2D eigenvalue weighted by molar-refractivity contribution is 5.59. The monoisotopic (exact) mass is 304 g/mol. The summed E-state index contributed by atoms with van der Waals surface area (Å²) in [7, 11) is 0. The number of hydrogen-bond donors (Lipinski definition) is 0. The van der Waals surface area contributed by atoms with Crippen molar-refractivity contribution in [3.8, 4) is 0 Å². The highest BCUT2D eigenvalue weighted by atomic mass is 19.4. The number of carbonyl (C=O) groups excluding carboxylic acids is 1. The van der Waals surface area contributed by atoms with Gasteiger partial charge in [0.05, 0.1) is 6.61 Å². The predicted molar refractivity (Wildman–Crippen MR) is 43.8 cm³/mol. The molecule has 114 valence electrons. The minimum atomic E-state index is -6.40. The maximum Gasteiger partial charge on any atom is 0.508 e. The van der Waals surface area contributed by atoms with Crippen LogP contribution in [0.2, 0.25) is 0 Å². The molecule has 0 N–H and O–H groups in total. The Hall–Kier alpha value is -1.29. The first-order valence-electron chi connectivity index (χ1n) is 4.61. The van der Waals surface area contributed by atoms with E-state index in [9.17, 15) is 39.9 Å². The van der Waals surface area contributed by atoms with E-state index in [1.54, 1.807) is 0 Å². The van der Waals surface area contributed by atoms with E-state index in [2.05, 4.69) is 9.47 Å². The van der Waals surface area contributed by atoms with Gasteiger partial charge in [0.15, 0.2) is 6.61 Å². The molecule has 0 atom stereocenters. The Bertz CT molecular complexity index is 317. The van der Waals surface area contributed by atoms with Gasteiger partial charge in [-0.25, -0.2) is 13.6 Å². The molecular weight excluding hydrogens is 296 g/mol. The van der Waals surface area contributed by atoms with Gasteiger partial charge in [0.1, 0.15) is 0 Å². The van der Waals surface area contributed by atoms with Crippen molar-refractivity contribution >= 4 is 6.16 Å². The average molecular weight is 304 g/mol. The van der Waals surface area contributed by atoms with Crippen molar-refractivity contribution in [1.29, 1.82) is 0 Å². The molecule has 0 heterocycles. The Morgan fingerprint density at radius 2 is 1.53 bits per heavy atom. The van der Waals surface area contributed by atoms with Crippen molar-refractivity contribution in [3.63, 3.8) is 0 Å². The highest BCUT2D eigenvalue weighted by Crippen LogP contribution is 2.48. The second-order valence-electron chi connectivity index (χ2n) is 3.17. The van der Waals surface area contributed by atoms with Crippen molar-refractivity contribution < 1.29 is 49.4 Å². The highest BCUT2D eigenvalue weighted by Gasteiger charge is 2.75. The standard InChI is InChI=1S/C8H8F8O3/c1-2-18-5(17)19-3-6(11,12)8(15,16)7(13,14)4(9)10/h4H,2-3H2,1H3. The Balaban J connectivity index is 4.92. The summed E-state index contributed by atoms with van der Waals surface area (Å²) < 4.78 is 106. The van der Waals surface area contributed by atoms with Crippen LogP contribution in [0.15, 0.2) is 0 Å². The summed E-state index contributed by atoms with van der Waals surface area (Å²) in [6.07, 6.45) is -6.84. The van der Waals surface area contributed by atoms with E-state index in [0.717, 1.165) is 0 Å². The van der Waals surface area contributed by atoms with Crippen LogP contribution in [-0.4, -0.2) is 43.6 Å². The van der Waals surface area contributed by atoms with Gasteiger partial charge < -0.3 is 9.47 Å². The molecular formula is C8H8F8O3. The van der Waals surface area contributed by atoms with Gasteiger partial charge in [-0.2, -0.15) is 26.3 Å². The summed E-state index contributed by atoms with van der Waals surface area (Å²) in [6.45, 7) is -1.66. The Morgan fingerprint density at radius 3 is 1.89 bits per heavy atom. The molecule has 19 heavy (non-hydrogen) atoms. The van der Waals surface area contributed by atoms with Crippen molar-refractivity contribution in [2.75, 3.05) is 13.2 Å². The number of halogens is 8. The van der Waals surface area contributed by atoms with Gasteiger partial charge >= 0.3 is 30.3 Å². The summed E-state index contributed by atoms with van der Waals surface area (Å²) in [5.41, 5.74) is 0. The van der Waals surface area contributed by atoms with E-state index in [1.165, 1.54) is 6.92 Å². The van der Waals surface area contributed by atoms with Crippen molar-refractivity contribution in [3.05, 3.63) is 0 Å². The Labute approximate surface area is 101 Å². The van der Waals surface area contributed by atoms with Gasteiger partial charge in [0, 0.05) is 0 Å². The summed E-state index contributed by atoms with van der Waals surface area (Å²) >= 11 is 0. The fraction of sp³-hybridized carbons (Fsp3) is 0.875. The van der Waals surface area contributed by atoms with Gasteiger partial charge in [0.25, 0.3) is 0 Å². The lowest BCUT2D eigenvalue weighted by atomic mass is 10.1. The number of ether oxygens (including phenoxy) is 2. The maximum absolute atomic E-state index is 12.8. The minimum Gasteiger partial charge on any atom is -0.435 e. The van der Waals surface area contributed by atoms with E-state index in [-0.39, 0.29) is 6.61 Å². The van der Waals surface area contributed by atoms with E-state index in [1.807, 2.05) is 0 Å². The molecule has 0 bridgehead atoms. The summed E-state index contributed by atoms with van der Waals surface area (Å²) in [6, 6.07) is 0. The van der Waals surface area contributed by atoms with Crippen LogP contribution < -0.4 is 0 Å². The summed E-state index contributed by atoms with van der Waals surface area (Å²) in [5, 5.41) is 0. The summed E-state index contributed by atoms with van der Waals surface area (Å²) in [5.74, 6) is -18.4. The molecule has 0 unspecified atom stereocenters. The Morgan fingerprint density at radius 1 is 1.05 bits per heavy atom. The van der Waals surface area contributed by atoms with Crippen molar-refractivity contribution in [1.82, 2.24) is 0 Å². The number of hydrogen-bond acceptors (Lipinski definition) is 3. The van der Waals surface area contributed by atoms with Crippen LogP contribution in [0.4, 0.5) is 39.9 Å². The third kappa shape index (κ3) is 3.60. The molecule has 0 aliphatic heterocycles. The topological polar surface area (TPSA) is 35.5 Å². The molecule has 0 radical (unpaired) electrons. The molecule has 0 saturated heterocycles. The lowest BCUT2D eigenvalue weighted by molar-refractivity contribution is -0.343. The van der Waals surface area contributed by atoms with Gasteiger partial charge in [0.2, 0.25) is 0 Å². The first-order valence-corrected chi connectivity index (χ1v) is 4.61. The van der Waals surface area contributed by atoms with Gasteiger partial charge in [-0.15, -0.1) is 0 Å². The molecule has 0 fully saturated rings. The summed E-state index contributed by atoms with van der Waals surface area (Å²) in [4.78, 5) is 10.4. The van der Waals surface area contributed by atoms with Gasteiger partial charge in [-0.05, 0) is 6.92 Å². The molecule has 0 rings (SSSR count). The van der Waals surface area contributed by atoms with Crippen LogP contribution in [-0.2, 0) is 9.47 Å². The van der Waals surface area contributed by atoms with Crippen molar-refractivity contribution in [2.45, 2.75) is 31.1 Å². The number of rotatable bonds is 6. The molecule has 0 aliphatic carbocycles.